The average molecular weight is 702 g/mol. The van der Waals surface area contributed by atoms with Crippen LogP contribution in [0.1, 0.15) is 41.7 Å². The van der Waals surface area contributed by atoms with Crippen LogP contribution in [0.5, 0.6) is 5.88 Å². The van der Waals surface area contributed by atoms with Gasteiger partial charge >= 0.3 is 6.03 Å². The van der Waals surface area contributed by atoms with Gasteiger partial charge in [0, 0.05) is 29.1 Å². The van der Waals surface area contributed by atoms with Gasteiger partial charge in [-0.25, -0.2) is 17.9 Å². The first-order chi connectivity index (χ1) is 22.8. The summed E-state index contributed by atoms with van der Waals surface area (Å²) in [5, 5.41) is 27.5. The summed E-state index contributed by atoms with van der Waals surface area (Å²) in [6.45, 7) is 5.29. The van der Waals surface area contributed by atoms with Gasteiger partial charge < -0.3 is 35.7 Å². The molecule has 4 rings (SSSR count). The molecule has 13 nitrogen and oxygen atoms in total. The summed E-state index contributed by atoms with van der Waals surface area (Å²) in [4.78, 5) is 29.5. The van der Waals surface area contributed by atoms with Crippen LogP contribution in [-0.4, -0.2) is 84.6 Å². The standard InChI is InChI=1S/C29H32N4O5S2.C4H11NO3/c1-5-30-29(35)32-40(36,37)28-24(16-23(39-28)15-19(2)3)21-13-11-20(12-14-21)17-33-25(18-34)27(38-4)31-26(33)22-9-7-6-8-10-22;5-4(1-6,2-7)3-8/h6-14,16,18-19H,5,15,17H2,1-4H3,(H2,30,32,35);6-8H,1-3,5H2. The number of amides is 2. The lowest BCUT2D eigenvalue weighted by atomic mass is 10.0. The molecule has 0 saturated carbocycles. The third-order valence-electron chi connectivity index (χ3n) is 7.03. The van der Waals surface area contributed by atoms with Crippen molar-refractivity contribution in [1.29, 1.82) is 0 Å². The number of ether oxygens (including phenoxy) is 1. The maximum Gasteiger partial charge on any atom is 0.328 e. The van der Waals surface area contributed by atoms with Crippen LogP contribution >= 0.6 is 11.3 Å². The molecule has 2 aromatic heterocycles. The van der Waals surface area contributed by atoms with E-state index in [9.17, 15) is 18.0 Å². The number of imidazole rings is 1. The first-order valence-electron chi connectivity index (χ1n) is 15.1. The van der Waals surface area contributed by atoms with Crippen LogP contribution in [-0.2, 0) is 23.0 Å². The van der Waals surface area contributed by atoms with Crippen LogP contribution in [0, 0.1) is 5.92 Å². The number of nitrogens with zero attached hydrogens (tertiary/aromatic N) is 2. The molecular weight excluding hydrogens is 659 g/mol. The van der Waals surface area contributed by atoms with Crippen LogP contribution in [0.3, 0.4) is 0 Å². The number of nitrogens with one attached hydrogen (secondary N) is 2. The number of rotatable bonds is 14. The summed E-state index contributed by atoms with van der Waals surface area (Å²) in [5.74, 6) is 1.18. The zero-order valence-electron chi connectivity index (χ0n) is 27.3. The Hall–Kier alpha value is -4.12. The molecule has 0 atom stereocenters. The maximum atomic E-state index is 13.2. The number of aliphatic hydroxyl groups is 3. The quantitative estimate of drug-likeness (QED) is 0.106. The fourth-order valence-corrected chi connectivity index (χ4v) is 7.37. The summed E-state index contributed by atoms with van der Waals surface area (Å²) in [6.07, 6.45) is 1.44. The molecule has 0 radical (unpaired) electrons. The lowest BCUT2D eigenvalue weighted by Crippen LogP contribution is -2.50. The molecule has 7 N–H and O–H groups in total. The highest BCUT2D eigenvalue weighted by molar-refractivity contribution is 7.92. The molecule has 0 aliphatic heterocycles. The number of aldehydes is 1. The predicted octanol–water partition coefficient (Wildman–Crippen LogP) is 3.02. The highest BCUT2D eigenvalue weighted by atomic mass is 32.2. The van der Waals surface area contributed by atoms with Gasteiger partial charge in [0.05, 0.1) is 32.5 Å². The Labute approximate surface area is 284 Å². The number of carbonyl (C=O) groups excluding carboxylic acids is 2. The highest BCUT2D eigenvalue weighted by Gasteiger charge is 2.26. The average Bonchev–Trinajstić information content (AvgIpc) is 3.66. The number of aromatic nitrogens is 2. The number of benzene rings is 2. The topological polar surface area (TPSA) is 206 Å². The number of methoxy groups -OCH3 is 1. The van der Waals surface area contributed by atoms with Crippen molar-refractivity contribution in [3.63, 3.8) is 0 Å². The van der Waals surface area contributed by atoms with Crippen LogP contribution in [0.4, 0.5) is 4.79 Å². The molecule has 2 amide bonds. The molecule has 0 unspecified atom stereocenters. The Kier molecular flexibility index (Phi) is 13.8. The van der Waals surface area contributed by atoms with Crippen LogP contribution in [0.15, 0.2) is 64.9 Å². The normalized spacial score (nSPS) is 11.5. The van der Waals surface area contributed by atoms with E-state index >= 15 is 0 Å². The lowest BCUT2D eigenvalue weighted by molar-refractivity contribution is 0.0697. The van der Waals surface area contributed by atoms with Gasteiger partial charge in [0.2, 0.25) is 5.88 Å². The summed E-state index contributed by atoms with van der Waals surface area (Å²) in [7, 11) is -2.61. The molecule has 260 valence electrons. The third kappa shape index (κ3) is 9.71. The second-order valence-electron chi connectivity index (χ2n) is 11.4. The van der Waals surface area contributed by atoms with E-state index in [2.05, 4.69) is 28.9 Å². The van der Waals surface area contributed by atoms with E-state index in [0.29, 0.717) is 48.1 Å². The van der Waals surface area contributed by atoms with Gasteiger partial charge in [0.15, 0.2) is 6.29 Å². The second kappa shape index (κ2) is 17.3. The lowest BCUT2D eigenvalue weighted by Gasteiger charge is -2.20. The molecule has 2 heterocycles. The second-order valence-corrected chi connectivity index (χ2v) is 14.4. The number of urea groups is 1. The van der Waals surface area contributed by atoms with E-state index in [0.717, 1.165) is 22.3 Å². The zero-order chi connectivity index (χ0) is 35.5. The molecular formula is C33H43N5O8S2. The SMILES string of the molecule is CCNC(=O)NS(=O)(=O)c1sc(CC(C)C)cc1-c1ccc(Cn2c(-c3ccccc3)nc(OC)c2C=O)cc1.NC(CO)(CO)CO. The van der Waals surface area contributed by atoms with E-state index in [4.69, 9.17) is 25.8 Å². The van der Waals surface area contributed by atoms with E-state index < -0.39 is 41.4 Å². The van der Waals surface area contributed by atoms with Gasteiger partial charge in [0.1, 0.15) is 15.7 Å². The van der Waals surface area contributed by atoms with Gasteiger partial charge in [-0.05, 0) is 36.5 Å². The summed E-state index contributed by atoms with van der Waals surface area (Å²) < 4.78 is 35.7. The molecule has 4 aromatic rings. The minimum absolute atomic E-state index is 0.0936. The van der Waals surface area contributed by atoms with Crippen molar-refractivity contribution in [3.05, 3.63) is 76.8 Å². The summed E-state index contributed by atoms with van der Waals surface area (Å²) in [6, 6.07) is 18.1. The van der Waals surface area contributed by atoms with Gasteiger partial charge in [-0.3, -0.25) is 4.79 Å². The van der Waals surface area contributed by atoms with Crippen molar-refractivity contribution in [2.45, 2.75) is 43.5 Å². The van der Waals surface area contributed by atoms with E-state index in [-0.39, 0.29) is 10.1 Å². The molecule has 48 heavy (non-hydrogen) atoms. The highest BCUT2D eigenvalue weighted by Crippen LogP contribution is 2.37. The summed E-state index contributed by atoms with van der Waals surface area (Å²) >= 11 is 1.17. The molecule has 0 spiro atoms. The molecule has 0 saturated heterocycles. The monoisotopic (exact) mass is 701 g/mol. The minimum atomic E-state index is -4.09. The van der Waals surface area contributed by atoms with Crippen molar-refractivity contribution in [3.8, 4) is 28.4 Å². The fraction of sp³-hybridized carbons (Fsp3) is 0.364. The number of sulfonamides is 1. The molecule has 15 heteroatoms. The maximum absolute atomic E-state index is 13.2. The predicted molar refractivity (Wildman–Crippen MR) is 185 cm³/mol. The number of aliphatic hydroxyl groups excluding tert-OH is 3. The largest absolute Gasteiger partial charge is 0.479 e. The van der Waals surface area contributed by atoms with Crippen molar-refractivity contribution >= 4 is 33.7 Å². The summed E-state index contributed by atoms with van der Waals surface area (Å²) in [5.41, 5.74) is 7.22. The van der Waals surface area contributed by atoms with Crippen molar-refractivity contribution < 1.29 is 38.1 Å². The Bertz CT molecular complexity index is 1740. The Morgan fingerprint density at radius 2 is 1.69 bits per heavy atom. The van der Waals surface area contributed by atoms with Crippen LogP contribution in [0.25, 0.3) is 22.5 Å². The number of carbonyl (C=O) groups is 2. The smallest absolute Gasteiger partial charge is 0.328 e. The fourth-order valence-electron chi connectivity index (χ4n) is 4.49. The number of thiophene rings is 1. The molecule has 0 bridgehead atoms. The van der Waals surface area contributed by atoms with Crippen molar-refractivity contribution in [1.82, 2.24) is 19.6 Å². The number of hydrogen-bond donors (Lipinski definition) is 6. The van der Waals surface area contributed by atoms with Gasteiger partial charge in [-0.1, -0.05) is 68.4 Å². The molecule has 0 aliphatic carbocycles. The molecule has 0 fully saturated rings. The Morgan fingerprint density at radius 3 is 2.19 bits per heavy atom. The van der Waals surface area contributed by atoms with Crippen LogP contribution < -0.4 is 20.5 Å². The van der Waals surface area contributed by atoms with E-state index in [1.54, 1.807) is 11.5 Å². The zero-order valence-corrected chi connectivity index (χ0v) is 29.0. The van der Waals surface area contributed by atoms with Crippen molar-refractivity contribution in [2.24, 2.45) is 11.7 Å². The van der Waals surface area contributed by atoms with Crippen molar-refractivity contribution in [2.75, 3.05) is 33.5 Å². The number of nitrogens with two attached hydrogens (primary N) is 1. The van der Waals surface area contributed by atoms with Crippen LogP contribution in [0.2, 0.25) is 0 Å². The number of hydrogen-bond acceptors (Lipinski definition) is 11. The Morgan fingerprint density at radius 1 is 1.06 bits per heavy atom. The van der Waals surface area contributed by atoms with Gasteiger partial charge in [0.25, 0.3) is 10.0 Å². The first-order valence-corrected chi connectivity index (χ1v) is 17.4. The molecule has 2 aromatic carbocycles. The van der Waals surface area contributed by atoms with E-state index in [1.807, 2.05) is 60.7 Å². The van der Waals surface area contributed by atoms with E-state index in [1.165, 1.54) is 18.4 Å². The molecule has 0 aliphatic rings. The minimum Gasteiger partial charge on any atom is -0.479 e. The van der Waals surface area contributed by atoms with Gasteiger partial charge in [-0.2, -0.15) is 4.98 Å². The first kappa shape index (κ1) is 38.3. The van der Waals surface area contributed by atoms with Gasteiger partial charge in [-0.15, -0.1) is 11.3 Å². The Balaban J connectivity index is 0.000000694. The third-order valence-corrected chi connectivity index (χ3v) is 10.0.